The molecule has 1 aliphatic rings. The summed E-state index contributed by atoms with van der Waals surface area (Å²) in [6.07, 6.45) is 0.942. The van der Waals surface area contributed by atoms with Gasteiger partial charge in [0.15, 0.2) is 0 Å². The Bertz CT molecular complexity index is 3100. The third kappa shape index (κ3) is 10.4. The van der Waals surface area contributed by atoms with Crippen molar-refractivity contribution in [2.75, 3.05) is 0 Å². The van der Waals surface area contributed by atoms with Crippen LogP contribution in [-0.2, 0) is 4.79 Å². The van der Waals surface area contributed by atoms with Gasteiger partial charge < -0.3 is 0 Å². The fourth-order valence-electron chi connectivity index (χ4n) is 12.6. The zero-order chi connectivity index (χ0) is 52.2. The van der Waals surface area contributed by atoms with E-state index < -0.39 is 7.92 Å². The first-order chi connectivity index (χ1) is 36.5. The van der Waals surface area contributed by atoms with Gasteiger partial charge in [0.2, 0.25) is 0 Å². The van der Waals surface area contributed by atoms with Crippen LogP contribution in [0.15, 0.2) is 224 Å². The second-order valence-corrected chi connectivity index (χ2v) is 24.6. The third-order valence-corrected chi connectivity index (χ3v) is 19.3. The summed E-state index contributed by atoms with van der Waals surface area (Å²) in [4.78, 5) is 15.3. The Hall–Kier alpha value is -6.92. The minimum atomic E-state index is -1.27. The van der Waals surface area contributed by atoms with Gasteiger partial charge in [-0.05, 0) is 118 Å². The molecule has 4 atom stereocenters. The van der Waals surface area contributed by atoms with Crippen LogP contribution in [0.2, 0.25) is 0 Å². The molecule has 0 amide bonds. The van der Waals surface area contributed by atoms with Crippen LogP contribution in [-0.4, -0.2) is 5.78 Å². The molecular formula is C73H73OP. The maximum absolute atomic E-state index is 15.3. The standard InChI is InChI=1S/C73H73OP/c1-48(2)57-40-25-41-58(49(3)4)71(57)69(54-32-17-11-18-33-54)65-44-27-45-66(70(55-34-19-12-20-35-55)72-59(50(5)6)42-26-43-60(72)51(7)8)73(65)75-67(63-38-23-21-36-61(63)52-28-13-9-14-29-52)46-56(74)47-68(75)64-39-24-22-37-62(64)53-30-15-10-16-31-53/h9-45,48-51,67-70H,46-47H2,1-8H3. The molecule has 1 fully saturated rings. The number of ketones is 1. The van der Waals surface area contributed by atoms with Crippen molar-refractivity contribution in [1.82, 2.24) is 0 Å². The average molecular weight is 997 g/mol. The fraction of sp³-hybridized carbons (Fsp3) is 0.247. The number of carbonyl (C=O) groups is 1. The molecule has 0 spiro atoms. The first kappa shape index (κ1) is 51.6. The van der Waals surface area contributed by atoms with Gasteiger partial charge in [-0.25, -0.2) is 0 Å². The number of Topliss-reactive ketones (excluding diaryl/α,β-unsaturated/α-hetero) is 1. The molecule has 0 radical (unpaired) electrons. The summed E-state index contributed by atoms with van der Waals surface area (Å²) >= 11 is 0. The predicted octanol–water partition coefficient (Wildman–Crippen LogP) is 19.8. The van der Waals surface area contributed by atoms with Crippen LogP contribution in [0.25, 0.3) is 22.3 Å². The monoisotopic (exact) mass is 997 g/mol. The average Bonchev–Trinajstić information content (AvgIpc) is 3.46. The third-order valence-electron chi connectivity index (χ3n) is 16.0. The van der Waals surface area contributed by atoms with E-state index in [4.69, 9.17) is 0 Å². The normalized spacial score (nSPS) is 16.7. The van der Waals surface area contributed by atoms with Gasteiger partial charge in [-0.1, -0.05) is 288 Å². The zero-order valence-corrected chi connectivity index (χ0v) is 46.1. The van der Waals surface area contributed by atoms with Crippen LogP contribution in [0.5, 0.6) is 0 Å². The molecule has 0 N–H and O–H groups in total. The molecule has 1 heterocycles. The highest BCUT2D eigenvalue weighted by Gasteiger charge is 2.45. The maximum atomic E-state index is 15.3. The second-order valence-electron chi connectivity index (χ2n) is 22.1. The van der Waals surface area contributed by atoms with Crippen molar-refractivity contribution in [3.05, 3.63) is 291 Å². The molecule has 4 unspecified atom stereocenters. The van der Waals surface area contributed by atoms with Gasteiger partial charge in [-0.15, -0.1) is 0 Å². The molecule has 75 heavy (non-hydrogen) atoms. The molecule has 0 bridgehead atoms. The first-order valence-corrected chi connectivity index (χ1v) is 29.1. The van der Waals surface area contributed by atoms with Gasteiger partial charge in [-0.2, -0.15) is 0 Å². The van der Waals surface area contributed by atoms with Crippen molar-refractivity contribution < 1.29 is 4.79 Å². The lowest BCUT2D eigenvalue weighted by molar-refractivity contribution is -0.119. The van der Waals surface area contributed by atoms with Gasteiger partial charge in [0.05, 0.1) is 0 Å². The quantitative estimate of drug-likeness (QED) is 0.0739. The van der Waals surface area contributed by atoms with Crippen LogP contribution in [0, 0.1) is 0 Å². The number of hydrogen-bond donors (Lipinski definition) is 0. The first-order valence-electron chi connectivity index (χ1n) is 27.6. The predicted molar refractivity (Wildman–Crippen MR) is 320 cm³/mol. The lowest BCUT2D eigenvalue weighted by Gasteiger charge is -2.44. The van der Waals surface area contributed by atoms with E-state index in [1.165, 1.54) is 94.3 Å². The van der Waals surface area contributed by atoms with Gasteiger partial charge in [0.25, 0.3) is 0 Å². The van der Waals surface area contributed by atoms with Crippen LogP contribution in [0.1, 0.15) is 182 Å². The molecular weight excluding hydrogens is 924 g/mol. The Balaban J connectivity index is 1.43. The van der Waals surface area contributed by atoms with Crippen LogP contribution < -0.4 is 5.30 Å². The van der Waals surface area contributed by atoms with Gasteiger partial charge in [0.1, 0.15) is 5.78 Å². The maximum Gasteiger partial charge on any atom is 0.134 e. The van der Waals surface area contributed by atoms with E-state index in [0.717, 1.165) is 0 Å². The van der Waals surface area contributed by atoms with Crippen molar-refractivity contribution in [2.45, 2.75) is 115 Å². The van der Waals surface area contributed by atoms with E-state index in [1.807, 2.05) is 0 Å². The van der Waals surface area contributed by atoms with E-state index >= 15 is 4.79 Å². The summed E-state index contributed by atoms with van der Waals surface area (Å²) < 4.78 is 0. The highest BCUT2D eigenvalue weighted by Crippen LogP contribution is 2.69. The number of carbonyl (C=O) groups excluding carboxylic acids is 1. The molecule has 10 rings (SSSR count). The molecule has 1 nitrogen and oxygen atoms in total. The van der Waals surface area contributed by atoms with E-state index in [-0.39, 0.29) is 46.8 Å². The summed E-state index contributed by atoms with van der Waals surface area (Å²) in [5.74, 6) is 1.26. The minimum Gasteiger partial charge on any atom is -0.300 e. The zero-order valence-electron chi connectivity index (χ0n) is 45.3. The molecule has 9 aromatic carbocycles. The van der Waals surface area contributed by atoms with Crippen molar-refractivity contribution in [3.63, 3.8) is 0 Å². The summed E-state index contributed by atoms with van der Waals surface area (Å²) in [5.41, 5.74) is 20.8. The van der Waals surface area contributed by atoms with Gasteiger partial charge in [-0.3, -0.25) is 4.79 Å². The summed E-state index contributed by atoms with van der Waals surface area (Å²) in [5, 5.41) is 1.44. The highest BCUT2D eigenvalue weighted by atomic mass is 31.1. The topological polar surface area (TPSA) is 17.1 Å². The van der Waals surface area contributed by atoms with E-state index in [0.29, 0.717) is 18.6 Å². The molecule has 2 heteroatoms. The SMILES string of the molecule is CC(C)c1cccc(C(C)C)c1C(c1ccccc1)c1cccc(C(c2ccccc2)c2c(C(C)C)cccc2C(C)C)c1P1C(c2ccccc2-c2ccccc2)CC(=O)CC1c1ccccc1-c1ccccc1. The minimum absolute atomic E-state index is 0.103. The fourth-order valence-corrected chi connectivity index (χ4v) is 16.5. The largest absolute Gasteiger partial charge is 0.300 e. The van der Waals surface area contributed by atoms with E-state index in [9.17, 15) is 0 Å². The molecule has 1 saturated heterocycles. The molecule has 0 aromatic heterocycles. The molecule has 0 saturated carbocycles. The van der Waals surface area contributed by atoms with Crippen molar-refractivity contribution in [1.29, 1.82) is 0 Å². The molecule has 9 aromatic rings. The highest BCUT2D eigenvalue weighted by molar-refractivity contribution is 7.66. The van der Waals surface area contributed by atoms with Crippen LogP contribution in [0.3, 0.4) is 0 Å². The Morgan fingerprint density at radius 3 is 0.960 bits per heavy atom. The molecule has 1 aliphatic heterocycles. The van der Waals surface area contributed by atoms with Gasteiger partial charge in [0, 0.05) is 36.0 Å². The van der Waals surface area contributed by atoms with Gasteiger partial charge >= 0.3 is 0 Å². The summed E-state index contributed by atoms with van der Waals surface area (Å²) in [6.45, 7) is 19.0. The van der Waals surface area contributed by atoms with Crippen molar-refractivity contribution in [2.24, 2.45) is 0 Å². The second kappa shape index (κ2) is 22.9. The number of hydrogen-bond acceptors (Lipinski definition) is 1. The summed E-state index contributed by atoms with van der Waals surface area (Å²) in [7, 11) is -1.27. The number of rotatable bonds is 15. The Morgan fingerprint density at radius 1 is 0.333 bits per heavy atom. The molecule has 0 aliphatic carbocycles. The Labute approximate surface area is 449 Å². The lowest BCUT2D eigenvalue weighted by atomic mass is 9.73. The van der Waals surface area contributed by atoms with Crippen LogP contribution >= 0.6 is 7.92 Å². The smallest absolute Gasteiger partial charge is 0.134 e. The van der Waals surface area contributed by atoms with E-state index in [1.54, 1.807) is 0 Å². The summed E-state index contributed by atoms with van der Waals surface area (Å²) in [6, 6.07) is 84.3. The van der Waals surface area contributed by atoms with E-state index in [2.05, 4.69) is 280 Å². The number of benzene rings is 9. The molecule has 376 valence electrons. The van der Waals surface area contributed by atoms with Crippen molar-refractivity contribution in [3.8, 4) is 22.3 Å². The van der Waals surface area contributed by atoms with Crippen LogP contribution in [0.4, 0.5) is 0 Å². The van der Waals surface area contributed by atoms with Crippen molar-refractivity contribution >= 4 is 19.0 Å². The Morgan fingerprint density at radius 2 is 0.627 bits per heavy atom. The lowest BCUT2D eigenvalue weighted by Crippen LogP contribution is -2.31. The Kier molecular flexibility index (Phi) is 15.7.